The molecule has 284 valence electrons. The fraction of sp³-hybridized carbons (Fsp3) is 0.366. The van der Waals surface area contributed by atoms with Crippen molar-refractivity contribution in [3.63, 3.8) is 0 Å². The minimum atomic E-state index is -1.62. The van der Waals surface area contributed by atoms with E-state index < -0.39 is 41.5 Å². The summed E-state index contributed by atoms with van der Waals surface area (Å²) in [6.45, 7) is 13.7. The SMILES string of the molecule is CCc1cc(C(C(=O)O)N(c2ccc3cnccc3c2)N(C(=O)OC(C)(C)C)C(=O)OC(C)(C)C)cc(CC)c1CCOC(=O)Nc1cccc(C#N)c1. The van der Waals surface area contributed by atoms with E-state index in [-0.39, 0.29) is 12.3 Å². The lowest BCUT2D eigenvalue weighted by Gasteiger charge is -2.39. The number of ether oxygens (including phenoxy) is 3. The van der Waals surface area contributed by atoms with Crippen molar-refractivity contribution in [1.29, 1.82) is 5.26 Å². The Balaban J connectivity index is 1.81. The highest BCUT2D eigenvalue weighted by atomic mass is 16.6. The van der Waals surface area contributed by atoms with Crippen LogP contribution in [0.1, 0.15) is 89.2 Å². The van der Waals surface area contributed by atoms with Crippen LogP contribution in [-0.4, -0.2) is 57.2 Å². The van der Waals surface area contributed by atoms with Gasteiger partial charge in [-0.1, -0.05) is 38.1 Å². The van der Waals surface area contributed by atoms with Crippen LogP contribution in [0.5, 0.6) is 0 Å². The van der Waals surface area contributed by atoms with Crippen molar-refractivity contribution < 1.29 is 38.5 Å². The van der Waals surface area contributed by atoms with E-state index in [0.29, 0.717) is 46.5 Å². The van der Waals surface area contributed by atoms with Gasteiger partial charge in [-0.3, -0.25) is 15.3 Å². The highest BCUT2D eigenvalue weighted by Gasteiger charge is 2.43. The maximum atomic E-state index is 14.0. The molecule has 0 saturated heterocycles. The standard InChI is InChI=1S/C41H47N5O8/c1-9-27-21-31(22-28(10-2)34(27)17-19-52-37(49)44-32-13-11-12-26(20-32)24-42)35(36(47)48)45(33-15-14-30-25-43-18-16-29(30)23-33)46(38(50)53-40(3,4)5)39(51)54-41(6,7)8/h11-16,18,20-23,25,35H,9-10,17,19H2,1-8H3,(H,44,49)(H,47,48). The number of anilines is 2. The van der Waals surface area contributed by atoms with Crippen LogP contribution < -0.4 is 10.3 Å². The molecule has 1 aromatic heterocycles. The molecule has 0 spiro atoms. The molecular formula is C41H47N5O8. The van der Waals surface area contributed by atoms with Gasteiger partial charge in [0.05, 0.1) is 23.9 Å². The van der Waals surface area contributed by atoms with Gasteiger partial charge in [-0.25, -0.2) is 19.2 Å². The van der Waals surface area contributed by atoms with Gasteiger partial charge < -0.3 is 19.3 Å². The number of hydrogen-bond acceptors (Lipinski definition) is 10. The number of pyridine rings is 1. The van der Waals surface area contributed by atoms with E-state index in [0.717, 1.165) is 27.1 Å². The summed E-state index contributed by atoms with van der Waals surface area (Å²) in [5.74, 6) is -1.35. The second kappa shape index (κ2) is 17.1. The number of amides is 3. The molecule has 4 aromatic rings. The fourth-order valence-corrected chi connectivity index (χ4v) is 5.84. The number of hydrazine groups is 1. The minimum absolute atomic E-state index is 0.0224. The number of carbonyl (C=O) groups excluding carboxylic acids is 3. The first kappa shape index (κ1) is 40.6. The Morgan fingerprint density at radius 2 is 1.50 bits per heavy atom. The molecule has 0 radical (unpaired) electrons. The van der Waals surface area contributed by atoms with E-state index in [1.807, 2.05) is 19.9 Å². The number of aromatic nitrogens is 1. The largest absolute Gasteiger partial charge is 0.479 e. The Hall–Kier alpha value is -6.16. The number of carbonyl (C=O) groups is 4. The predicted molar refractivity (Wildman–Crippen MR) is 204 cm³/mol. The zero-order valence-electron chi connectivity index (χ0n) is 31.9. The van der Waals surface area contributed by atoms with Crippen molar-refractivity contribution in [1.82, 2.24) is 9.99 Å². The topological polar surface area (TPSA) is 171 Å². The second-order valence-electron chi connectivity index (χ2n) is 14.5. The summed E-state index contributed by atoms with van der Waals surface area (Å²) < 4.78 is 16.9. The number of aryl methyl sites for hydroxylation is 2. The van der Waals surface area contributed by atoms with E-state index in [1.165, 1.54) is 6.07 Å². The van der Waals surface area contributed by atoms with Gasteiger partial charge in [0.25, 0.3) is 0 Å². The van der Waals surface area contributed by atoms with Gasteiger partial charge in [0, 0.05) is 29.9 Å². The predicted octanol–water partition coefficient (Wildman–Crippen LogP) is 8.74. The number of carboxylic acid groups (broad SMARTS) is 1. The lowest BCUT2D eigenvalue weighted by atomic mass is 9.90. The molecule has 0 aliphatic carbocycles. The Kier molecular flexibility index (Phi) is 12.9. The van der Waals surface area contributed by atoms with Crippen molar-refractivity contribution in [2.24, 2.45) is 0 Å². The Bertz CT molecular complexity index is 2010. The first-order chi connectivity index (χ1) is 25.4. The highest BCUT2D eigenvalue weighted by molar-refractivity contribution is 5.94. The number of fused-ring (bicyclic) bond motifs is 1. The minimum Gasteiger partial charge on any atom is -0.479 e. The maximum absolute atomic E-state index is 14.0. The number of nitrogens with zero attached hydrogens (tertiary/aromatic N) is 4. The van der Waals surface area contributed by atoms with Gasteiger partial charge in [0.1, 0.15) is 11.2 Å². The van der Waals surface area contributed by atoms with E-state index in [1.54, 1.807) is 109 Å². The summed E-state index contributed by atoms with van der Waals surface area (Å²) in [5, 5.41) is 26.0. The lowest BCUT2D eigenvalue weighted by molar-refractivity contribution is -0.139. The quantitative estimate of drug-likeness (QED) is 0.111. The van der Waals surface area contributed by atoms with Crippen LogP contribution in [0.4, 0.5) is 25.8 Å². The first-order valence-corrected chi connectivity index (χ1v) is 17.6. The molecule has 13 heteroatoms. The van der Waals surface area contributed by atoms with E-state index in [9.17, 15) is 24.3 Å². The first-order valence-electron chi connectivity index (χ1n) is 17.6. The van der Waals surface area contributed by atoms with Crippen molar-refractivity contribution in [2.75, 3.05) is 16.9 Å². The number of nitriles is 1. The number of hydrogen-bond donors (Lipinski definition) is 2. The van der Waals surface area contributed by atoms with Crippen LogP contribution in [0.3, 0.4) is 0 Å². The molecule has 0 aliphatic rings. The highest BCUT2D eigenvalue weighted by Crippen LogP contribution is 2.36. The molecule has 0 aliphatic heterocycles. The van der Waals surface area contributed by atoms with E-state index in [4.69, 9.17) is 19.5 Å². The molecule has 0 bridgehead atoms. The summed E-state index contributed by atoms with van der Waals surface area (Å²) in [6.07, 6.45) is 1.63. The van der Waals surface area contributed by atoms with E-state index in [2.05, 4.69) is 10.3 Å². The molecule has 1 atom stereocenters. The molecule has 13 nitrogen and oxygen atoms in total. The van der Waals surface area contributed by atoms with Crippen molar-refractivity contribution in [3.05, 3.63) is 101 Å². The number of imide groups is 1. The summed E-state index contributed by atoms with van der Waals surface area (Å²) in [6, 6.07) is 17.1. The van der Waals surface area contributed by atoms with Crippen LogP contribution >= 0.6 is 0 Å². The molecule has 4 rings (SSSR count). The van der Waals surface area contributed by atoms with Crippen LogP contribution in [-0.2, 0) is 38.3 Å². The third-order valence-electron chi connectivity index (χ3n) is 8.07. The third-order valence-corrected chi connectivity index (χ3v) is 8.07. The molecule has 3 aromatic carbocycles. The number of rotatable bonds is 11. The van der Waals surface area contributed by atoms with Crippen LogP contribution in [0.2, 0.25) is 0 Å². The van der Waals surface area contributed by atoms with Crippen molar-refractivity contribution in [3.8, 4) is 6.07 Å². The number of carboxylic acids is 1. The van der Waals surface area contributed by atoms with Gasteiger partial charge in [0.2, 0.25) is 0 Å². The summed E-state index contributed by atoms with van der Waals surface area (Å²) in [7, 11) is 0. The zero-order valence-corrected chi connectivity index (χ0v) is 31.9. The molecule has 1 heterocycles. The second-order valence-corrected chi connectivity index (χ2v) is 14.5. The van der Waals surface area contributed by atoms with Crippen molar-refractivity contribution in [2.45, 2.75) is 91.9 Å². The Labute approximate surface area is 315 Å². The molecule has 0 saturated carbocycles. The number of benzene rings is 3. The van der Waals surface area contributed by atoms with E-state index >= 15 is 0 Å². The molecule has 3 amide bonds. The average molecular weight is 738 g/mol. The van der Waals surface area contributed by atoms with Gasteiger partial charge in [-0.15, -0.1) is 5.01 Å². The lowest BCUT2D eigenvalue weighted by Crippen LogP contribution is -2.56. The summed E-state index contributed by atoms with van der Waals surface area (Å²) in [4.78, 5) is 58.4. The molecule has 0 fully saturated rings. The summed E-state index contributed by atoms with van der Waals surface area (Å²) in [5.41, 5.74) is 1.69. The average Bonchev–Trinajstić information content (AvgIpc) is 3.09. The van der Waals surface area contributed by atoms with Crippen LogP contribution in [0.15, 0.2) is 73.1 Å². The van der Waals surface area contributed by atoms with Gasteiger partial charge in [-0.2, -0.15) is 5.26 Å². The zero-order chi connectivity index (χ0) is 39.8. The monoisotopic (exact) mass is 737 g/mol. The Morgan fingerprint density at radius 3 is 2.06 bits per heavy atom. The fourth-order valence-electron chi connectivity index (χ4n) is 5.84. The third kappa shape index (κ3) is 10.5. The van der Waals surface area contributed by atoms with Gasteiger partial charge >= 0.3 is 24.2 Å². The molecule has 2 N–H and O–H groups in total. The van der Waals surface area contributed by atoms with Crippen molar-refractivity contribution >= 4 is 46.4 Å². The smallest absolute Gasteiger partial charge is 0.439 e. The molecule has 1 unspecified atom stereocenters. The number of nitrogens with one attached hydrogen (secondary N) is 1. The van der Waals surface area contributed by atoms with Gasteiger partial charge in [0.15, 0.2) is 6.04 Å². The number of aliphatic carboxylic acids is 1. The molecule has 54 heavy (non-hydrogen) atoms. The summed E-state index contributed by atoms with van der Waals surface area (Å²) >= 11 is 0. The maximum Gasteiger partial charge on any atom is 0.439 e. The van der Waals surface area contributed by atoms with Gasteiger partial charge in [-0.05, 0) is 118 Å². The van der Waals surface area contributed by atoms with Crippen LogP contribution in [0, 0.1) is 11.3 Å². The van der Waals surface area contributed by atoms with Crippen LogP contribution in [0.25, 0.3) is 10.8 Å². The molecular weight excluding hydrogens is 690 g/mol. The Morgan fingerprint density at radius 1 is 0.870 bits per heavy atom. The normalized spacial score (nSPS) is 11.9.